The Morgan fingerprint density at radius 1 is 0.780 bits per heavy atom. The molecule has 0 radical (unpaired) electrons. The minimum Gasteiger partial charge on any atom is -0.383 e. The second-order valence-corrected chi connectivity index (χ2v) is 16.2. The lowest BCUT2D eigenvalue weighted by atomic mass is 9.96. The van der Waals surface area contributed by atoms with Crippen LogP contribution in [-0.2, 0) is 14.3 Å². The third kappa shape index (κ3) is 9.74. The summed E-state index contributed by atoms with van der Waals surface area (Å²) in [5.74, 6) is -0.741. The van der Waals surface area contributed by atoms with Gasteiger partial charge in [0.25, 0.3) is 11.8 Å². The number of methoxy groups -OCH3 is 1. The lowest BCUT2D eigenvalue weighted by molar-refractivity contribution is -0.124. The number of hydrogen-bond donors (Lipinski definition) is 2. The number of nitrogens with zero attached hydrogens (tertiary/aromatic N) is 2. The fourth-order valence-electron chi connectivity index (χ4n) is 8.84. The molecule has 4 aromatic carbocycles. The predicted molar refractivity (Wildman–Crippen MR) is 249 cm³/mol. The van der Waals surface area contributed by atoms with Crippen LogP contribution in [0.25, 0.3) is 38.5 Å². The van der Waals surface area contributed by atoms with E-state index in [-0.39, 0.29) is 35.5 Å². The topological polar surface area (TPSA) is 75.6 Å². The van der Waals surface area contributed by atoms with Crippen LogP contribution in [0.3, 0.4) is 0 Å². The number of carbonyl (C=O) groups is 2. The van der Waals surface area contributed by atoms with Gasteiger partial charge in [0.05, 0.1) is 6.61 Å². The second-order valence-electron chi connectivity index (χ2n) is 16.2. The Bertz CT molecular complexity index is 2420. The molecule has 3 unspecified atom stereocenters. The van der Waals surface area contributed by atoms with Gasteiger partial charge in [-0.2, -0.15) is 0 Å². The van der Waals surface area contributed by atoms with Crippen molar-refractivity contribution in [1.82, 2.24) is 15.2 Å². The average Bonchev–Trinajstić information content (AvgIpc) is 3.77. The maximum Gasteiger partial charge on any atom is 0.257 e. The number of amides is 2. The molecule has 1 fully saturated rings. The standard InChI is InChI=1S/C52H64N4O3/c1-8-11-33-53-51(57)50(52(58)54-36(4)35-59-7)48-41(24-17-34-55(37(5)18-9-2)45-27-15-21-39-20-12-13-25-43(39)45)29-30-42(48)31-32-46-44-26-14-22-40-23-16-28-47(49(40)44)56(46)38(6)19-10-3/h12-17,20-28,31-32,34,36-38H,8-11,18-19,29-30,33,35H2,1-7H3,(H,53,57)(H,54,58)/b34-17+,41-24+,42-31+,46-32+,50-48+. The Kier molecular flexibility index (Phi) is 15.0. The Hall–Kier alpha value is -5.40. The molecular weight excluding hydrogens is 729 g/mol. The van der Waals surface area contributed by atoms with Crippen molar-refractivity contribution < 1.29 is 14.3 Å². The number of allylic oxidation sites excluding steroid dienone is 6. The minimum atomic E-state index is -0.390. The van der Waals surface area contributed by atoms with Crippen LogP contribution in [0.2, 0.25) is 0 Å². The summed E-state index contributed by atoms with van der Waals surface area (Å²) in [5.41, 5.74) is 5.20. The third-order valence-corrected chi connectivity index (χ3v) is 11.7. The molecule has 1 aromatic heterocycles. The SMILES string of the molecule is CCCCNC(=O)/C(C(=O)NC(C)COC)=C1C(=C/C=C/N(c2cccc3ccccc23)C(C)CCC)/CCC/1=C\C=c1/c2cccc3cccc(c32)n1C(C)CCC. The van der Waals surface area contributed by atoms with Gasteiger partial charge in [0.15, 0.2) is 0 Å². The highest BCUT2D eigenvalue weighted by Crippen LogP contribution is 2.39. The van der Waals surface area contributed by atoms with Gasteiger partial charge < -0.3 is 24.8 Å². The fourth-order valence-corrected chi connectivity index (χ4v) is 8.84. The van der Waals surface area contributed by atoms with E-state index in [0.717, 1.165) is 60.7 Å². The highest BCUT2D eigenvalue weighted by molar-refractivity contribution is 6.20. The third-order valence-electron chi connectivity index (χ3n) is 11.7. The van der Waals surface area contributed by atoms with Gasteiger partial charge in [0.2, 0.25) is 0 Å². The van der Waals surface area contributed by atoms with Gasteiger partial charge in [-0.05, 0) is 105 Å². The van der Waals surface area contributed by atoms with Gasteiger partial charge in [-0.15, -0.1) is 0 Å². The summed E-state index contributed by atoms with van der Waals surface area (Å²) in [4.78, 5) is 31.1. The number of anilines is 1. The summed E-state index contributed by atoms with van der Waals surface area (Å²) in [7, 11) is 1.62. The van der Waals surface area contributed by atoms with E-state index in [2.05, 4.69) is 164 Å². The number of rotatable bonds is 18. The summed E-state index contributed by atoms with van der Waals surface area (Å²) >= 11 is 0. The van der Waals surface area contributed by atoms with E-state index < -0.39 is 0 Å². The van der Waals surface area contributed by atoms with Gasteiger partial charge >= 0.3 is 0 Å². The van der Waals surface area contributed by atoms with Crippen LogP contribution in [0.15, 0.2) is 126 Å². The van der Waals surface area contributed by atoms with Crippen molar-refractivity contribution >= 4 is 56.0 Å². The molecule has 59 heavy (non-hydrogen) atoms. The Morgan fingerprint density at radius 2 is 1.46 bits per heavy atom. The Balaban J connectivity index is 1.54. The van der Waals surface area contributed by atoms with E-state index in [9.17, 15) is 9.59 Å². The number of nitrogens with one attached hydrogen (secondary N) is 2. The van der Waals surface area contributed by atoms with Crippen LogP contribution in [-0.4, -0.2) is 48.7 Å². The quantitative estimate of drug-likeness (QED) is 0.0401. The van der Waals surface area contributed by atoms with E-state index in [4.69, 9.17) is 4.74 Å². The van der Waals surface area contributed by atoms with Crippen LogP contribution >= 0.6 is 0 Å². The molecule has 0 spiro atoms. The van der Waals surface area contributed by atoms with Crippen LogP contribution in [0.1, 0.15) is 99.0 Å². The zero-order valence-corrected chi connectivity index (χ0v) is 36.3. The first-order chi connectivity index (χ1) is 28.7. The molecule has 2 amide bonds. The molecule has 7 heteroatoms. The molecule has 5 aromatic rings. The molecule has 1 aliphatic rings. The molecule has 1 aliphatic carbocycles. The summed E-state index contributed by atoms with van der Waals surface area (Å²) in [6, 6.07) is 28.4. The number of hydrogen-bond acceptors (Lipinski definition) is 4. The van der Waals surface area contributed by atoms with Gasteiger partial charge in [0, 0.05) is 70.7 Å². The van der Waals surface area contributed by atoms with E-state index in [1.54, 1.807) is 7.11 Å². The van der Waals surface area contributed by atoms with E-state index in [0.29, 0.717) is 31.6 Å². The van der Waals surface area contributed by atoms with E-state index >= 15 is 0 Å². The number of benzene rings is 4. The fraction of sp³-hybridized carbons (Fsp3) is 0.385. The second kappa shape index (κ2) is 20.5. The van der Waals surface area contributed by atoms with Gasteiger partial charge in [-0.3, -0.25) is 9.59 Å². The number of unbranched alkanes of at least 4 members (excludes halogenated alkanes) is 1. The zero-order valence-electron chi connectivity index (χ0n) is 36.3. The van der Waals surface area contributed by atoms with Gasteiger partial charge in [-0.1, -0.05) is 119 Å². The molecular formula is C52H64N4O3. The molecule has 7 nitrogen and oxygen atoms in total. The number of carbonyl (C=O) groups excluding carboxylic acids is 2. The van der Waals surface area contributed by atoms with E-state index in [1.165, 1.54) is 32.4 Å². The van der Waals surface area contributed by atoms with Crippen molar-refractivity contribution in [1.29, 1.82) is 0 Å². The summed E-state index contributed by atoms with van der Waals surface area (Å²) < 4.78 is 7.86. The number of aromatic nitrogens is 1. The first kappa shape index (κ1) is 43.2. The molecule has 6 rings (SSSR count). The van der Waals surface area contributed by atoms with Gasteiger partial charge in [0.1, 0.15) is 5.57 Å². The predicted octanol–water partition coefficient (Wildman–Crippen LogP) is 11.0. The number of fused-ring (bicyclic) bond motifs is 1. The maximum absolute atomic E-state index is 14.4. The monoisotopic (exact) mass is 792 g/mol. The average molecular weight is 793 g/mol. The normalized spacial score (nSPS) is 17.4. The smallest absolute Gasteiger partial charge is 0.257 e. The first-order valence-electron chi connectivity index (χ1n) is 21.9. The van der Waals surface area contributed by atoms with Crippen molar-refractivity contribution in [2.75, 3.05) is 25.2 Å². The van der Waals surface area contributed by atoms with Crippen molar-refractivity contribution in [3.8, 4) is 0 Å². The molecule has 3 atom stereocenters. The zero-order chi connectivity index (χ0) is 41.9. The first-order valence-corrected chi connectivity index (χ1v) is 21.9. The van der Waals surface area contributed by atoms with Crippen LogP contribution in [0.4, 0.5) is 5.69 Å². The summed E-state index contributed by atoms with van der Waals surface area (Å²) in [6.45, 7) is 13.9. The molecule has 2 N–H and O–H groups in total. The molecule has 1 saturated carbocycles. The molecule has 0 saturated heterocycles. The van der Waals surface area contributed by atoms with Crippen molar-refractivity contribution in [2.45, 2.75) is 111 Å². The van der Waals surface area contributed by atoms with Crippen molar-refractivity contribution in [3.05, 3.63) is 131 Å². The summed E-state index contributed by atoms with van der Waals surface area (Å²) in [6.07, 6.45) is 18.2. The molecule has 1 heterocycles. The van der Waals surface area contributed by atoms with Crippen LogP contribution in [0, 0.1) is 0 Å². The minimum absolute atomic E-state index is 0.157. The van der Waals surface area contributed by atoms with Crippen molar-refractivity contribution in [3.63, 3.8) is 0 Å². The van der Waals surface area contributed by atoms with Crippen molar-refractivity contribution in [2.24, 2.45) is 0 Å². The van der Waals surface area contributed by atoms with E-state index in [1.807, 2.05) is 6.92 Å². The highest BCUT2D eigenvalue weighted by atomic mass is 16.5. The van der Waals surface area contributed by atoms with Crippen LogP contribution < -0.4 is 20.9 Å². The highest BCUT2D eigenvalue weighted by Gasteiger charge is 2.31. The Morgan fingerprint density at radius 3 is 2.20 bits per heavy atom. The maximum atomic E-state index is 14.4. The van der Waals surface area contributed by atoms with Gasteiger partial charge in [-0.25, -0.2) is 0 Å². The summed E-state index contributed by atoms with van der Waals surface area (Å²) in [5, 5.41) is 13.4. The lowest BCUT2D eigenvalue weighted by Gasteiger charge is -2.29. The largest absolute Gasteiger partial charge is 0.383 e. The van der Waals surface area contributed by atoms with Crippen LogP contribution in [0.5, 0.6) is 0 Å². The molecule has 0 bridgehead atoms. The lowest BCUT2D eigenvalue weighted by Crippen LogP contribution is -2.41. The Labute approximate surface area is 351 Å². The molecule has 310 valence electrons. The number of ether oxygens (including phenoxy) is 1. The molecule has 0 aliphatic heterocycles.